The first-order valence-electron chi connectivity index (χ1n) is 11.7. The molecule has 1 atom stereocenters. The van der Waals surface area contributed by atoms with E-state index in [1.807, 2.05) is 17.0 Å². The molecule has 1 aliphatic rings. The van der Waals surface area contributed by atoms with Gasteiger partial charge in [-0.2, -0.15) is 4.99 Å². The highest BCUT2D eigenvalue weighted by Gasteiger charge is 2.34. The van der Waals surface area contributed by atoms with Crippen LogP contribution >= 0.6 is 0 Å². The van der Waals surface area contributed by atoms with Crippen molar-refractivity contribution in [3.63, 3.8) is 0 Å². The highest BCUT2D eigenvalue weighted by Crippen LogP contribution is 2.32. The number of hydrogen-bond donors (Lipinski definition) is 2. The van der Waals surface area contributed by atoms with Gasteiger partial charge in [0.2, 0.25) is 0 Å². The maximum absolute atomic E-state index is 12.4. The molecule has 37 heavy (non-hydrogen) atoms. The zero-order valence-corrected chi connectivity index (χ0v) is 20.8. The van der Waals surface area contributed by atoms with Crippen molar-refractivity contribution in [1.29, 1.82) is 0 Å². The second-order valence-corrected chi connectivity index (χ2v) is 9.79. The van der Waals surface area contributed by atoms with Crippen LogP contribution in [0.4, 0.5) is 18.9 Å². The molecule has 0 spiro atoms. The number of benzene rings is 2. The van der Waals surface area contributed by atoms with Crippen molar-refractivity contribution < 1.29 is 37.3 Å². The van der Waals surface area contributed by atoms with Crippen molar-refractivity contribution >= 4 is 23.6 Å². The molecule has 1 fully saturated rings. The summed E-state index contributed by atoms with van der Waals surface area (Å²) >= 11 is 0. The zero-order valence-electron chi connectivity index (χ0n) is 20.8. The summed E-state index contributed by atoms with van der Waals surface area (Å²) in [6, 6.07) is 12.4. The second-order valence-electron chi connectivity index (χ2n) is 9.79. The lowest BCUT2D eigenvalue weighted by atomic mass is 9.91. The average molecular weight is 522 g/mol. The first-order valence-corrected chi connectivity index (χ1v) is 11.7. The maximum atomic E-state index is 12.4. The minimum atomic E-state index is -4.77. The van der Waals surface area contributed by atoms with Crippen LogP contribution in [0.25, 0.3) is 0 Å². The highest BCUT2D eigenvalue weighted by atomic mass is 19.4. The van der Waals surface area contributed by atoms with Gasteiger partial charge in [0.15, 0.2) is 0 Å². The van der Waals surface area contributed by atoms with Crippen LogP contribution in [0.3, 0.4) is 0 Å². The van der Waals surface area contributed by atoms with E-state index in [9.17, 15) is 22.8 Å². The molecule has 0 radical (unpaired) electrons. The summed E-state index contributed by atoms with van der Waals surface area (Å²) in [5.41, 5.74) is 1.76. The van der Waals surface area contributed by atoms with Gasteiger partial charge in [0.1, 0.15) is 12.4 Å². The largest absolute Gasteiger partial charge is 0.573 e. The number of rotatable bonds is 9. The van der Waals surface area contributed by atoms with Gasteiger partial charge < -0.3 is 24.8 Å². The number of amides is 1. The molecular weight excluding hydrogens is 491 g/mol. The monoisotopic (exact) mass is 521 g/mol. The Hall–Kier alpha value is -3.76. The van der Waals surface area contributed by atoms with E-state index in [2.05, 4.69) is 35.8 Å². The molecule has 1 saturated heterocycles. The van der Waals surface area contributed by atoms with Gasteiger partial charge >= 0.3 is 12.3 Å². The predicted octanol–water partition coefficient (Wildman–Crippen LogP) is 5.29. The molecule has 3 rings (SSSR count). The molecule has 2 aromatic rings. The van der Waals surface area contributed by atoms with E-state index in [0.717, 1.165) is 12.0 Å². The van der Waals surface area contributed by atoms with Gasteiger partial charge in [-0.1, -0.05) is 32.9 Å². The molecule has 1 heterocycles. The Bertz CT molecular complexity index is 1110. The summed E-state index contributed by atoms with van der Waals surface area (Å²) in [6.07, 6.45) is -4.10. The van der Waals surface area contributed by atoms with Crippen molar-refractivity contribution in [2.24, 2.45) is 10.4 Å². The Kier molecular flexibility index (Phi) is 8.67. The number of carboxylic acid groups (broad SMARTS) is 1. The van der Waals surface area contributed by atoms with Gasteiger partial charge in [-0.15, -0.1) is 13.2 Å². The zero-order chi connectivity index (χ0) is 27.2. The van der Waals surface area contributed by atoms with Crippen LogP contribution in [0.2, 0.25) is 0 Å². The van der Waals surface area contributed by atoms with Gasteiger partial charge in [0.25, 0.3) is 11.9 Å². The average Bonchev–Trinajstić information content (AvgIpc) is 3.19. The number of halogens is 3. The van der Waals surface area contributed by atoms with E-state index in [-0.39, 0.29) is 36.1 Å². The summed E-state index contributed by atoms with van der Waals surface area (Å²) in [5, 5.41) is 11.3. The smallest absolute Gasteiger partial charge is 0.481 e. The first kappa shape index (κ1) is 27.8. The fourth-order valence-corrected chi connectivity index (χ4v) is 3.61. The van der Waals surface area contributed by atoms with Crippen LogP contribution in [0.15, 0.2) is 53.5 Å². The summed E-state index contributed by atoms with van der Waals surface area (Å²) in [5.74, 6) is -1.69. The summed E-state index contributed by atoms with van der Waals surface area (Å²) in [4.78, 5) is 29.4. The van der Waals surface area contributed by atoms with Crippen LogP contribution in [0, 0.1) is 5.41 Å². The molecule has 8 nitrogen and oxygen atoms in total. The normalized spacial score (nSPS) is 17.0. The molecule has 1 aliphatic heterocycles. The van der Waals surface area contributed by atoms with Crippen LogP contribution in [0.5, 0.6) is 5.75 Å². The van der Waals surface area contributed by atoms with E-state index in [0.29, 0.717) is 30.4 Å². The molecule has 1 amide bonds. The number of nitrogens with one attached hydrogen (secondary N) is 1. The Morgan fingerprint density at radius 2 is 1.76 bits per heavy atom. The lowest BCUT2D eigenvalue weighted by Crippen LogP contribution is -2.32. The van der Waals surface area contributed by atoms with Crippen molar-refractivity contribution in [3.8, 4) is 5.75 Å². The predicted molar refractivity (Wildman–Crippen MR) is 131 cm³/mol. The number of alkyl halides is 3. The lowest BCUT2D eigenvalue weighted by Gasteiger charge is -2.27. The molecule has 2 aromatic carbocycles. The third kappa shape index (κ3) is 8.69. The van der Waals surface area contributed by atoms with Crippen molar-refractivity contribution in [2.75, 3.05) is 19.7 Å². The van der Waals surface area contributed by atoms with Crippen LogP contribution in [0.1, 0.15) is 55.6 Å². The summed E-state index contributed by atoms with van der Waals surface area (Å²) < 4.78 is 47.1. The molecule has 0 saturated carbocycles. The number of carbonyl (C=O) groups excluding carboxylic acids is 1. The third-order valence-electron chi connectivity index (χ3n) is 5.57. The van der Waals surface area contributed by atoms with Crippen molar-refractivity contribution in [1.82, 2.24) is 10.2 Å². The van der Waals surface area contributed by atoms with Crippen molar-refractivity contribution in [2.45, 2.75) is 46.0 Å². The van der Waals surface area contributed by atoms with E-state index in [1.165, 1.54) is 24.3 Å². The van der Waals surface area contributed by atoms with Crippen LogP contribution in [-0.2, 0) is 9.53 Å². The van der Waals surface area contributed by atoms with Gasteiger partial charge in [0.05, 0.1) is 18.2 Å². The number of aliphatic imine (C=N–C) groups is 1. The lowest BCUT2D eigenvalue weighted by molar-refractivity contribution is -0.274. The highest BCUT2D eigenvalue weighted by molar-refractivity contribution is 5.94. The number of amidine groups is 1. The second kappa shape index (κ2) is 11.5. The van der Waals surface area contributed by atoms with E-state index < -0.39 is 12.3 Å². The number of ether oxygens (including phenoxy) is 2. The van der Waals surface area contributed by atoms with Crippen LogP contribution in [-0.4, -0.2) is 54.0 Å². The fraction of sp³-hybridized carbons (Fsp3) is 0.423. The van der Waals surface area contributed by atoms with E-state index >= 15 is 0 Å². The van der Waals surface area contributed by atoms with Crippen LogP contribution < -0.4 is 10.1 Å². The minimum absolute atomic E-state index is 0.0345. The molecule has 0 aromatic heterocycles. The Morgan fingerprint density at radius 3 is 2.32 bits per heavy atom. The fourth-order valence-electron chi connectivity index (χ4n) is 3.61. The topological polar surface area (TPSA) is 100 Å². The molecule has 2 N–H and O–H groups in total. The first-order chi connectivity index (χ1) is 17.3. The standard InChI is InChI=1S/C26H30F3N3O5/c1-25(2,3)13-15-32-21(17-4-6-18(7-5-17)23(35)30-14-12-22(33)34)16-36-24(32)31-19-8-10-20(11-9-19)37-26(27,28)29/h4-11,21H,12-16H2,1-3H3,(H,30,35)(H,33,34). The Balaban J connectivity index is 1.77. The van der Waals surface area contributed by atoms with E-state index in [1.54, 1.807) is 12.1 Å². The van der Waals surface area contributed by atoms with Gasteiger partial charge in [0, 0.05) is 18.7 Å². The molecule has 1 unspecified atom stereocenters. The Morgan fingerprint density at radius 1 is 1.11 bits per heavy atom. The third-order valence-corrected chi connectivity index (χ3v) is 5.57. The van der Waals surface area contributed by atoms with Gasteiger partial charge in [-0.25, -0.2) is 0 Å². The number of carboxylic acids is 1. The SMILES string of the molecule is CC(C)(C)CCN1C(=Nc2ccc(OC(F)(F)F)cc2)OCC1c1ccc(C(=O)NCCC(=O)O)cc1. The molecule has 200 valence electrons. The molecular formula is C26H30F3N3O5. The maximum Gasteiger partial charge on any atom is 0.573 e. The van der Waals surface area contributed by atoms with Gasteiger partial charge in [-0.05, 0) is 53.8 Å². The summed E-state index contributed by atoms with van der Waals surface area (Å²) in [6.45, 7) is 7.32. The molecule has 11 heteroatoms. The Labute approximate surface area is 213 Å². The molecule has 0 aliphatic carbocycles. The number of hydrogen-bond acceptors (Lipinski definition) is 5. The van der Waals surface area contributed by atoms with E-state index in [4.69, 9.17) is 9.84 Å². The number of aliphatic carboxylic acids is 1. The van der Waals surface area contributed by atoms with Crippen molar-refractivity contribution in [3.05, 3.63) is 59.7 Å². The number of nitrogens with zero attached hydrogens (tertiary/aromatic N) is 2. The minimum Gasteiger partial charge on any atom is -0.481 e. The molecule has 0 bridgehead atoms. The number of carbonyl (C=O) groups is 2. The van der Waals surface area contributed by atoms with Gasteiger partial charge in [-0.3, -0.25) is 9.59 Å². The quantitative estimate of drug-likeness (QED) is 0.465. The summed E-state index contributed by atoms with van der Waals surface area (Å²) in [7, 11) is 0.